The van der Waals surface area contributed by atoms with E-state index in [1.807, 2.05) is 38.1 Å². The van der Waals surface area contributed by atoms with Gasteiger partial charge in [-0.2, -0.15) is 0 Å². The van der Waals surface area contributed by atoms with Gasteiger partial charge in [0.15, 0.2) is 11.7 Å². The molecule has 3 heterocycles. The maximum absolute atomic E-state index is 11.6. The second-order valence-electron chi connectivity index (χ2n) is 7.07. The van der Waals surface area contributed by atoms with Crippen molar-refractivity contribution in [3.8, 4) is 0 Å². The van der Waals surface area contributed by atoms with Crippen molar-refractivity contribution in [3.63, 3.8) is 0 Å². The van der Waals surface area contributed by atoms with E-state index in [2.05, 4.69) is 30.0 Å². The molecule has 0 fully saturated rings. The molecule has 0 unspecified atom stereocenters. The maximum Gasteiger partial charge on any atom is 0.229 e. The number of aryl methyl sites for hydroxylation is 2. The highest BCUT2D eigenvalue weighted by Gasteiger charge is 2.23. The SMILES string of the molecule is Cc1ccnc(N=C2N=C(Nc3cc(C)ccn3)c3ccc(NS(C)(=O)=O)cc32)c1. The number of hydrogen-bond acceptors (Lipinski definition) is 6. The van der Waals surface area contributed by atoms with Crippen molar-refractivity contribution in [1.29, 1.82) is 0 Å². The molecule has 0 atom stereocenters. The van der Waals surface area contributed by atoms with Gasteiger partial charge in [-0.1, -0.05) is 0 Å². The van der Waals surface area contributed by atoms with Gasteiger partial charge in [0.05, 0.1) is 6.26 Å². The molecule has 3 aromatic rings. The first-order valence-electron chi connectivity index (χ1n) is 9.19. The predicted molar refractivity (Wildman–Crippen MR) is 119 cm³/mol. The first-order valence-corrected chi connectivity index (χ1v) is 11.1. The maximum atomic E-state index is 11.6. The van der Waals surface area contributed by atoms with Crippen LogP contribution in [0, 0.1) is 13.8 Å². The van der Waals surface area contributed by atoms with Crippen molar-refractivity contribution in [2.75, 3.05) is 16.3 Å². The van der Waals surface area contributed by atoms with Crippen LogP contribution in [0.2, 0.25) is 0 Å². The van der Waals surface area contributed by atoms with Gasteiger partial charge >= 0.3 is 0 Å². The van der Waals surface area contributed by atoms with Crippen molar-refractivity contribution >= 4 is 39.0 Å². The smallest absolute Gasteiger partial charge is 0.229 e. The van der Waals surface area contributed by atoms with Crippen LogP contribution in [0.4, 0.5) is 17.3 Å². The summed E-state index contributed by atoms with van der Waals surface area (Å²) in [5, 5.41) is 3.23. The van der Waals surface area contributed by atoms with E-state index in [0.29, 0.717) is 34.6 Å². The Kier molecular flexibility index (Phi) is 5.04. The summed E-state index contributed by atoms with van der Waals surface area (Å²) in [4.78, 5) is 17.8. The molecule has 1 aromatic carbocycles. The summed E-state index contributed by atoms with van der Waals surface area (Å²) in [5.41, 5.74) is 4.02. The Balaban J connectivity index is 1.78. The average molecular weight is 420 g/mol. The van der Waals surface area contributed by atoms with E-state index in [9.17, 15) is 8.42 Å². The van der Waals surface area contributed by atoms with Gasteiger partial charge in [-0.3, -0.25) is 4.72 Å². The number of amidine groups is 2. The predicted octanol–water partition coefficient (Wildman–Crippen LogP) is 3.42. The molecule has 30 heavy (non-hydrogen) atoms. The number of anilines is 2. The Morgan fingerprint density at radius 2 is 1.63 bits per heavy atom. The highest BCUT2D eigenvalue weighted by atomic mass is 32.2. The van der Waals surface area contributed by atoms with Crippen LogP contribution in [0.1, 0.15) is 22.3 Å². The number of aromatic nitrogens is 2. The summed E-state index contributed by atoms with van der Waals surface area (Å²) in [6.45, 7) is 3.94. The van der Waals surface area contributed by atoms with Gasteiger partial charge in [-0.25, -0.2) is 28.4 Å². The van der Waals surface area contributed by atoms with Crippen LogP contribution < -0.4 is 10.0 Å². The van der Waals surface area contributed by atoms with Crippen LogP contribution >= 0.6 is 0 Å². The Bertz CT molecular complexity index is 1300. The Morgan fingerprint density at radius 1 is 0.900 bits per heavy atom. The van der Waals surface area contributed by atoms with Gasteiger partial charge < -0.3 is 5.32 Å². The minimum absolute atomic E-state index is 0.436. The molecule has 0 saturated carbocycles. The van der Waals surface area contributed by atoms with Crippen molar-refractivity contribution < 1.29 is 8.42 Å². The zero-order valence-corrected chi connectivity index (χ0v) is 17.5. The minimum atomic E-state index is -3.41. The number of nitrogens with zero attached hydrogens (tertiary/aromatic N) is 4. The monoisotopic (exact) mass is 420 g/mol. The topological polar surface area (TPSA) is 109 Å². The summed E-state index contributed by atoms with van der Waals surface area (Å²) in [6.07, 6.45) is 4.52. The minimum Gasteiger partial charge on any atom is -0.324 e. The van der Waals surface area contributed by atoms with Crippen molar-refractivity contribution in [2.45, 2.75) is 13.8 Å². The van der Waals surface area contributed by atoms with Gasteiger partial charge in [0.1, 0.15) is 11.7 Å². The van der Waals surface area contributed by atoms with E-state index in [1.54, 1.807) is 30.6 Å². The zero-order valence-electron chi connectivity index (χ0n) is 16.7. The number of sulfonamides is 1. The summed E-state index contributed by atoms with van der Waals surface area (Å²) in [7, 11) is -3.41. The van der Waals surface area contributed by atoms with Crippen molar-refractivity contribution in [2.24, 2.45) is 9.98 Å². The molecule has 9 heteroatoms. The van der Waals surface area contributed by atoms with Gasteiger partial charge in [0.25, 0.3) is 0 Å². The third kappa shape index (κ3) is 4.52. The van der Waals surface area contributed by atoms with Gasteiger partial charge in [-0.05, 0) is 67.4 Å². The number of hydrogen-bond donors (Lipinski definition) is 2. The molecule has 2 N–H and O–H groups in total. The third-order valence-corrected chi connectivity index (χ3v) is 4.93. The normalized spacial score (nSPS) is 14.4. The Labute approximate surface area is 174 Å². The fourth-order valence-electron chi connectivity index (χ4n) is 3.04. The molecule has 0 bridgehead atoms. The Morgan fingerprint density at radius 3 is 2.33 bits per heavy atom. The number of nitrogens with one attached hydrogen (secondary N) is 2. The molecule has 8 nitrogen and oxygen atoms in total. The van der Waals surface area contributed by atoms with Crippen LogP contribution in [0.15, 0.2) is 64.8 Å². The lowest BCUT2D eigenvalue weighted by Crippen LogP contribution is -2.13. The first kappa shape index (κ1) is 19.7. The van der Waals surface area contributed by atoms with Crippen LogP contribution in [0.25, 0.3) is 0 Å². The highest BCUT2D eigenvalue weighted by molar-refractivity contribution is 7.92. The molecule has 1 aliphatic rings. The first-order chi connectivity index (χ1) is 14.3. The molecule has 0 aliphatic carbocycles. The van der Waals surface area contributed by atoms with Crippen molar-refractivity contribution in [3.05, 3.63) is 77.1 Å². The van der Waals surface area contributed by atoms with Gasteiger partial charge in [0, 0.05) is 29.2 Å². The van der Waals surface area contributed by atoms with Crippen LogP contribution in [-0.2, 0) is 10.0 Å². The second-order valence-corrected chi connectivity index (χ2v) is 8.81. The second kappa shape index (κ2) is 7.68. The number of fused-ring (bicyclic) bond motifs is 1. The molecule has 0 amide bonds. The highest BCUT2D eigenvalue weighted by Crippen LogP contribution is 2.26. The lowest BCUT2D eigenvalue weighted by Gasteiger charge is -2.09. The summed E-state index contributed by atoms with van der Waals surface area (Å²) in [5.74, 6) is 2.21. The van der Waals surface area contributed by atoms with E-state index < -0.39 is 10.0 Å². The molecule has 0 saturated heterocycles. The Hall–Kier alpha value is -3.59. The summed E-state index contributed by atoms with van der Waals surface area (Å²) in [6, 6.07) is 12.8. The number of aliphatic imine (C=N–C) groups is 2. The number of rotatable bonds is 4. The lowest BCUT2D eigenvalue weighted by atomic mass is 10.1. The fourth-order valence-corrected chi connectivity index (χ4v) is 3.59. The molecule has 152 valence electrons. The van der Waals surface area contributed by atoms with Gasteiger partial charge in [-0.15, -0.1) is 0 Å². The summed E-state index contributed by atoms with van der Waals surface area (Å²) >= 11 is 0. The average Bonchev–Trinajstić information content (AvgIpc) is 2.97. The van der Waals surface area contributed by atoms with Crippen LogP contribution in [0.5, 0.6) is 0 Å². The molecule has 4 rings (SSSR count). The van der Waals surface area contributed by atoms with Gasteiger partial charge in [0.2, 0.25) is 10.0 Å². The lowest BCUT2D eigenvalue weighted by molar-refractivity contribution is 0.607. The third-order valence-electron chi connectivity index (χ3n) is 4.32. The molecule has 0 radical (unpaired) electrons. The number of pyridine rings is 2. The molecule has 1 aliphatic heterocycles. The number of benzene rings is 1. The molecule has 2 aromatic heterocycles. The van der Waals surface area contributed by atoms with E-state index in [4.69, 9.17) is 0 Å². The largest absolute Gasteiger partial charge is 0.324 e. The van der Waals surface area contributed by atoms with E-state index >= 15 is 0 Å². The van der Waals surface area contributed by atoms with Crippen molar-refractivity contribution in [1.82, 2.24) is 9.97 Å². The van der Waals surface area contributed by atoms with E-state index in [-0.39, 0.29) is 0 Å². The molecular weight excluding hydrogens is 400 g/mol. The standard InChI is InChI=1S/C21H20N6O2S/c1-13-6-8-22-18(10-13)24-20-16-5-4-15(27-30(3,28)29)12-17(16)21(26-20)25-19-11-14(2)7-9-23-19/h4-12,27H,1-3H3,(H,22,23,24,25,26). The fraction of sp³-hybridized carbons (Fsp3) is 0.143. The van der Waals surface area contributed by atoms with Crippen LogP contribution in [-0.4, -0.2) is 36.3 Å². The van der Waals surface area contributed by atoms with E-state index in [1.165, 1.54) is 0 Å². The zero-order chi connectivity index (χ0) is 21.3. The van der Waals surface area contributed by atoms with Crippen LogP contribution in [0.3, 0.4) is 0 Å². The summed E-state index contributed by atoms with van der Waals surface area (Å²) < 4.78 is 25.8. The molecular formula is C21H20N6O2S. The van der Waals surface area contributed by atoms with E-state index in [0.717, 1.165) is 22.9 Å². The molecule has 0 spiro atoms. The quantitative estimate of drug-likeness (QED) is 0.672.